The Morgan fingerprint density at radius 2 is 1.52 bits per heavy atom. The molecular formula is C22H15N3. The lowest BCUT2D eigenvalue weighted by atomic mass is 10.1. The van der Waals surface area contributed by atoms with Crippen LogP contribution in [0.3, 0.4) is 0 Å². The minimum absolute atomic E-state index is 0.675. The van der Waals surface area contributed by atoms with Crippen LogP contribution in [0.15, 0.2) is 79.1 Å². The van der Waals surface area contributed by atoms with Gasteiger partial charge in [-0.2, -0.15) is 5.26 Å². The molecule has 0 aliphatic carbocycles. The molecule has 3 heteroatoms. The van der Waals surface area contributed by atoms with Crippen molar-refractivity contribution in [1.29, 1.82) is 5.26 Å². The van der Waals surface area contributed by atoms with E-state index in [0.717, 1.165) is 28.0 Å². The topological polar surface area (TPSA) is 41.1 Å². The molecular weight excluding hydrogens is 306 g/mol. The number of hydrogen-bond donors (Lipinski definition) is 0. The van der Waals surface area contributed by atoms with Crippen LogP contribution in [-0.4, -0.2) is 9.38 Å². The summed E-state index contributed by atoms with van der Waals surface area (Å²) in [5.74, 6) is 0. The summed E-state index contributed by atoms with van der Waals surface area (Å²) in [4.78, 5) is 4.64. The van der Waals surface area contributed by atoms with Gasteiger partial charge in [0.2, 0.25) is 0 Å². The number of aromatic nitrogens is 2. The Morgan fingerprint density at radius 1 is 0.840 bits per heavy atom. The van der Waals surface area contributed by atoms with Crippen LogP contribution >= 0.6 is 0 Å². The van der Waals surface area contributed by atoms with Crippen molar-refractivity contribution in [2.24, 2.45) is 0 Å². The van der Waals surface area contributed by atoms with Gasteiger partial charge < -0.3 is 4.40 Å². The molecule has 0 N–H and O–H groups in total. The van der Waals surface area contributed by atoms with Crippen molar-refractivity contribution in [3.05, 3.63) is 95.8 Å². The number of imidazole rings is 1. The second-order valence-corrected chi connectivity index (χ2v) is 5.78. The highest BCUT2D eigenvalue weighted by atomic mass is 15.0. The second kappa shape index (κ2) is 6.46. The highest BCUT2D eigenvalue weighted by Crippen LogP contribution is 2.20. The first-order chi connectivity index (χ1) is 12.3. The maximum atomic E-state index is 8.83. The molecule has 25 heavy (non-hydrogen) atoms. The summed E-state index contributed by atoms with van der Waals surface area (Å²) in [6.45, 7) is 0. The van der Waals surface area contributed by atoms with Gasteiger partial charge in [0.15, 0.2) is 0 Å². The van der Waals surface area contributed by atoms with Gasteiger partial charge in [0.05, 0.1) is 17.3 Å². The Balaban J connectivity index is 1.55. The van der Waals surface area contributed by atoms with Gasteiger partial charge in [0.25, 0.3) is 0 Å². The van der Waals surface area contributed by atoms with Crippen LogP contribution in [0.4, 0.5) is 0 Å². The van der Waals surface area contributed by atoms with E-state index in [-0.39, 0.29) is 0 Å². The fourth-order valence-electron chi connectivity index (χ4n) is 2.70. The zero-order valence-electron chi connectivity index (χ0n) is 13.5. The van der Waals surface area contributed by atoms with E-state index >= 15 is 0 Å². The predicted molar refractivity (Wildman–Crippen MR) is 101 cm³/mol. The van der Waals surface area contributed by atoms with Gasteiger partial charge in [0, 0.05) is 18.0 Å². The van der Waals surface area contributed by atoms with Crippen LogP contribution in [0.1, 0.15) is 16.7 Å². The summed E-state index contributed by atoms with van der Waals surface area (Å²) in [5, 5.41) is 8.83. The monoisotopic (exact) mass is 321 g/mol. The smallest absolute Gasteiger partial charge is 0.137 e. The van der Waals surface area contributed by atoms with Gasteiger partial charge in [0.1, 0.15) is 5.65 Å². The zero-order valence-corrected chi connectivity index (χ0v) is 13.5. The SMILES string of the molecule is N#Cc1ccc(/C=C/c2ccc(-c3cn4ccccc4n3)cc2)cc1. The highest BCUT2D eigenvalue weighted by Gasteiger charge is 2.03. The van der Waals surface area contributed by atoms with Crippen LogP contribution < -0.4 is 0 Å². The summed E-state index contributed by atoms with van der Waals surface area (Å²) in [6.07, 6.45) is 8.15. The molecule has 3 nitrogen and oxygen atoms in total. The van der Waals surface area contributed by atoms with Gasteiger partial charge >= 0.3 is 0 Å². The maximum Gasteiger partial charge on any atom is 0.137 e. The first-order valence-electron chi connectivity index (χ1n) is 8.04. The number of hydrogen-bond acceptors (Lipinski definition) is 2. The van der Waals surface area contributed by atoms with Crippen molar-refractivity contribution < 1.29 is 0 Å². The molecule has 2 heterocycles. The minimum Gasteiger partial charge on any atom is -0.306 e. The van der Waals surface area contributed by atoms with Crippen LogP contribution in [0.25, 0.3) is 29.1 Å². The number of nitrogens with zero attached hydrogens (tertiary/aromatic N) is 3. The number of benzene rings is 2. The van der Waals surface area contributed by atoms with Gasteiger partial charge in [-0.05, 0) is 35.4 Å². The zero-order chi connectivity index (χ0) is 17.1. The van der Waals surface area contributed by atoms with Crippen molar-refractivity contribution in [2.45, 2.75) is 0 Å². The highest BCUT2D eigenvalue weighted by molar-refractivity contribution is 5.72. The summed E-state index contributed by atoms with van der Waals surface area (Å²) < 4.78 is 2.02. The number of fused-ring (bicyclic) bond motifs is 1. The Hall–Kier alpha value is -3.64. The van der Waals surface area contributed by atoms with Crippen LogP contribution in [0.5, 0.6) is 0 Å². The first kappa shape index (κ1) is 14.9. The molecule has 2 aromatic carbocycles. The van der Waals surface area contributed by atoms with E-state index in [1.54, 1.807) is 0 Å². The third-order valence-corrected chi connectivity index (χ3v) is 4.08. The van der Waals surface area contributed by atoms with Crippen molar-refractivity contribution >= 4 is 17.8 Å². The van der Waals surface area contributed by atoms with E-state index in [0.29, 0.717) is 5.56 Å². The summed E-state index contributed by atoms with van der Waals surface area (Å²) in [5.41, 5.74) is 5.88. The Kier molecular flexibility index (Phi) is 3.86. The lowest BCUT2D eigenvalue weighted by molar-refractivity contribution is 1.19. The second-order valence-electron chi connectivity index (χ2n) is 5.78. The fourth-order valence-corrected chi connectivity index (χ4v) is 2.70. The molecule has 0 saturated heterocycles. The van der Waals surface area contributed by atoms with Gasteiger partial charge in [-0.25, -0.2) is 4.98 Å². The average Bonchev–Trinajstić information content (AvgIpc) is 3.11. The molecule has 118 valence electrons. The summed E-state index contributed by atoms with van der Waals surface area (Å²) in [6, 6.07) is 24.0. The third kappa shape index (κ3) is 3.19. The normalized spacial score (nSPS) is 11.0. The third-order valence-electron chi connectivity index (χ3n) is 4.08. The molecule has 0 aliphatic rings. The molecule has 0 unspecified atom stereocenters. The van der Waals surface area contributed by atoms with E-state index in [9.17, 15) is 0 Å². The largest absolute Gasteiger partial charge is 0.306 e. The Morgan fingerprint density at radius 3 is 2.16 bits per heavy atom. The number of rotatable bonds is 3. The quantitative estimate of drug-likeness (QED) is 0.496. The number of pyridine rings is 1. The van der Waals surface area contributed by atoms with E-state index in [1.807, 2.05) is 65.3 Å². The molecule has 0 fully saturated rings. The van der Waals surface area contributed by atoms with Crippen molar-refractivity contribution in [2.75, 3.05) is 0 Å². The van der Waals surface area contributed by atoms with E-state index in [4.69, 9.17) is 5.26 Å². The van der Waals surface area contributed by atoms with Crippen LogP contribution in [0.2, 0.25) is 0 Å². The maximum absolute atomic E-state index is 8.83. The van der Waals surface area contributed by atoms with Crippen molar-refractivity contribution in [1.82, 2.24) is 9.38 Å². The minimum atomic E-state index is 0.675. The molecule has 4 rings (SSSR count). The summed E-state index contributed by atoms with van der Waals surface area (Å²) >= 11 is 0. The van der Waals surface area contributed by atoms with Gasteiger partial charge in [-0.15, -0.1) is 0 Å². The molecule has 0 saturated carbocycles. The van der Waals surface area contributed by atoms with Crippen LogP contribution in [0, 0.1) is 11.3 Å². The molecule has 0 bridgehead atoms. The molecule has 0 amide bonds. The molecule has 0 radical (unpaired) electrons. The Bertz CT molecular complexity index is 1050. The Labute approximate surface area is 146 Å². The number of nitriles is 1. The predicted octanol–water partition coefficient (Wildman–Crippen LogP) is 5.04. The molecule has 0 aliphatic heterocycles. The van der Waals surface area contributed by atoms with Gasteiger partial charge in [-0.1, -0.05) is 54.6 Å². The van der Waals surface area contributed by atoms with Crippen molar-refractivity contribution in [3.63, 3.8) is 0 Å². The van der Waals surface area contributed by atoms with E-state index in [1.165, 1.54) is 0 Å². The summed E-state index contributed by atoms with van der Waals surface area (Å²) in [7, 11) is 0. The standard InChI is InChI=1S/C22H15N3/c23-15-19-8-6-17(7-9-19)4-5-18-10-12-20(13-11-18)21-16-25-14-2-1-3-22(25)24-21/h1-14,16H/b5-4+. The lowest BCUT2D eigenvalue weighted by Crippen LogP contribution is -1.79. The molecule has 2 aromatic heterocycles. The molecule has 4 aromatic rings. The fraction of sp³-hybridized carbons (Fsp3) is 0. The van der Waals surface area contributed by atoms with Crippen LogP contribution in [-0.2, 0) is 0 Å². The first-order valence-corrected chi connectivity index (χ1v) is 8.04. The van der Waals surface area contributed by atoms with E-state index in [2.05, 4.69) is 41.4 Å². The molecule has 0 spiro atoms. The molecule has 0 atom stereocenters. The lowest BCUT2D eigenvalue weighted by Gasteiger charge is -1.98. The van der Waals surface area contributed by atoms with Crippen molar-refractivity contribution in [3.8, 4) is 17.3 Å². The van der Waals surface area contributed by atoms with Gasteiger partial charge in [-0.3, -0.25) is 0 Å². The van der Waals surface area contributed by atoms with E-state index < -0.39 is 0 Å². The average molecular weight is 321 g/mol.